The number of ether oxygens (including phenoxy) is 4. The van der Waals surface area contributed by atoms with Crippen LogP contribution in [0.5, 0.6) is 0 Å². The first kappa shape index (κ1) is 96.1. The second-order valence-electron chi connectivity index (χ2n) is 29.9. The van der Waals surface area contributed by atoms with Crippen molar-refractivity contribution in [2.45, 2.75) is 420 Å². The lowest BCUT2D eigenvalue weighted by atomic mass is 9.99. The summed E-state index contributed by atoms with van der Waals surface area (Å²) in [6.45, 7) is 14.2. The fraction of sp³-hybridized carbons (Fsp3) is 0.949. The van der Waals surface area contributed by atoms with Crippen LogP contribution in [0.15, 0.2) is 0 Å². The quantitative estimate of drug-likeness (QED) is 0.0222. The predicted octanol–water partition coefficient (Wildman–Crippen LogP) is 23.2. The summed E-state index contributed by atoms with van der Waals surface area (Å²) in [7, 11) is -9.92. The normalized spacial score (nSPS) is 14.6. The van der Waals surface area contributed by atoms with E-state index in [1.807, 2.05) is 0 Å². The predicted molar refractivity (Wildman–Crippen MR) is 400 cm³/mol. The van der Waals surface area contributed by atoms with Crippen molar-refractivity contribution in [1.29, 1.82) is 0 Å². The Morgan fingerprint density at radius 1 is 0.286 bits per heavy atom. The summed E-state index contributed by atoms with van der Waals surface area (Å²) in [4.78, 5) is 72.9. The second-order valence-corrected chi connectivity index (χ2v) is 32.8. The van der Waals surface area contributed by atoms with Crippen molar-refractivity contribution < 1.29 is 80.2 Å². The summed E-state index contributed by atoms with van der Waals surface area (Å²) in [5, 5.41) is 10.6. The molecule has 19 heteroatoms. The van der Waals surface area contributed by atoms with Gasteiger partial charge in [0.05, 0.1) is 26.4 Å². The molecule has 7 atom stereocenters. The Morgan fingerprint density at radius 2 is 0.490 bits per heavy atom. The highest BCUT2D eigenvalue weighted by molar-refractivity contribution is 7.47. The summed E-state index contributed by atoms with van der Waals surface area (Å²) in [6, 6.07) is 0. The van der Waals surface area contributed by atoms with Gasteiger partial charge in [0.2, 0.25) is 0 Å². The van der Waals surface area contributed by atoms with Gasteiger partial charge in [-0.3, -0.25) is 37.3 Å². The standard InChI is InChI=1S/C79H154O17P2/c1-9-71(7)57-49-41-33-29-30-34-43-51-59-76(81)89-65-74(95-78(83)62-54-46-36-28-24-20-19-22-26-32-40-48-56-70(5)6)67-93-97(85,86)91-63-73(80)64-92-98(87,88)94-68-75(66-90-77(82)60-52-44-38-37-42-50-58-72(8)10-2)96-79(84)61-53-45-35-27-23-18-16-14-12-11-13-15-17-21-25-31-39-47-55-69(3)4/h69-75,80H,9-68H2,1-8H3,(H,85,86)(H,87,88)/t71?,72?,73-,74-,75-/m1/s1. The zero-order valence-electron chi connectivity index (χ0n) is 64.4. The third kappa shape index (κ3) is 69.8. The molecule has 0 aromatic heterocycles. The SMILES string of the molecule is CCC(C)CCCCCCCCCCC(=O)OC[C@H](COP(=O)(O)OC[C@@H](O)COP(=O)(O)OC[C@@H](COC(=O)CCCCCCCCC(C)CC)OC(=O)CCCCCCCCCCCCCCCCCCCCC(C)C)OC(=O)CCCCCCCCCCCCCCC(C)C. The first-order valence-corrected chi connectivity index (χ1v) is 43.8. The third-order valence-corrected chi connectivity index (χ3v) is 20.9. The van der Waals surface area contributed by atoms with Crippen LogP contribution < -0.4 is 0 Å². The van der Waals surface area contributed by atoms with E-state index < -0.39 is 97.5 Å². The van der Waals surface area contributed by atoms with E-state index in [2.05, 4.69) is 55.4 Å². The minimum Gasteiger partial charge on any atom is -0.462 e. The number of carbonyl (C=O) groups excluding carboxylic acids is 4. The topological polar surface area (TPSA) is 237 Å². The van der Waals surface area contributed by atoms with Crippen LogP contribution >= 0.6 is 15.6 Å². The minimum atomic E-state index is -4.96. The maximum atomic E-state index is 13.1. The van der Waals surface area contributed by atoms with Gasteiger partial charge in [0, 0.05) is 25.7 Å². The molecule has 0 aromatic rings. The summed E-state index contributed by atoms with van der Waals surface area (Å²) in [5.74, 6) is 0.987. The van der Waals surface area contributed by atoms with E-state index in [1.165, 1.54) is 199 Å². The molecule has 0 bridgehead atoms. The van der Waals surface area contributed by atoms with Gasteiger partial charge in [-0.05, 0) is 49.4 Å². The van der Waals surface area contributed by atoms with Crippen molar-refractivity contribution >= 4 is 39.5 Å². The van der Waals surface area contributed by atoms with Crippen LogP contribution in [-0.2, 0) is 65.4 Å². The number of carbonyl (C=O) groups is 4. The molecule has 0 saturated carbocycles. The number of hydrogen-bond acceptors (Lipinski definition) is 15. The fourth-order valence-corrected chi connectivity index (χ4v) is 13.6. The molecule has 0 heterocycles. The largest absolute Gasteiger partial charge is 0.472 e. The molecule has 17 nitrogen and oxygen atoms in total. The minimum absolute atomic E-state index is 0.106. The zero-order chi connectivity index (χ0) is 72.4. The average Bonchev–Trinajstić information content (AvgIpc) is 1.01. The van der Waals surface area contributed by atoms with Crippen molar-refractivity contribution in [2.24, 2.45) is 23.7 Å². The molecule has 0 aliphatic rings. The number of rotatable bonds is 76. The van der Waals surface area contributed by atoms with E-state index in [0.717, 1.165) is 120 Å². The number of unbranched alkanes of at least 4 members (excludes halogenated alkanes) is 40. The van der Waals surface area contributed by atoms with E-state index in [4.69, 9.17) is 37.0 Å². The lowest BCUT2D eigenvalue weighted by Gasteiger charge is -2.21. The summed E-state index contributed by atoms with van der Waals surface area (Å²) in [5.41, 5.74) is 0. The van der Waals surface area contributed by atoms with Crippen molar-refractivity contribution in [1.82, 2.24) is 0 Å². The van der Waals surface area contributed by atoms with Gasteiger partial charge in [-0.15, -0.1) is 0 Å². The number of hydrogen-bond donors (Lipinski definition) is 3. The van der Waals surface area contributed by atoms with E-state index in [1.54, 1.807) is 0 Å². The fourth-order valence-electron chi connectivity index (χ4n) is 12.0. The molecular formula is C79H154O17P2. The van der Waals surface area contributed by atoms with Crippen LogP contribution in [-0.4, -0.2) is 96.7 Å². The summed E-state index contributed by atoms with van der Waals surface area (Å²) in [6.07, 6.45) is 54.2. The van der Waals surface area contributed by atoms with Gasteiger partial charge >= 0.3 is 39.5 Å². The Kier molecular flexibility index (Phi) is 66.8. The van der Waals surface area contributed by atoms with Gasteiger partial charge in [0.15, 0.2) is 12.2 Å². The van der Waals surface area contributed by atoms with Crippen LogP contribution in [0.25, 0.3) is 0 Å². The Morgan fingerprint density at radius 3 is 0.724 bits per heavy atom. The highest BCUT2D eigenvalue weighted by Gasteiger charge is 2.30. The summed E-state index contributed by atoms with van der Waals surface area (Å²) < 4.78 is 68.6. The molecule has 0 saturated heterocycles. The number of aliphatic hydroxyl groups is 1. The molecule has 0 fully saturated rings. The van der Waals surface area contributed by atoms with Crippen LogP contribution in [0.1, 0.15) is 402 Å². The first-order chi connectivity index (χ1) is 47.2. The monoisotopic (exact) mass is 1440 g/mol. The van der Waals surface area contributed by atoms with Crippen LogP contribution in [0.3, 0.4) is 0 Å². The molecule has 0 amide bonds. The lowest BCUT2D eigenvalue weighted by Crippen LogP contribution is -2.30. The van der Waals surface area contributed by atoms with Gasteiger partial charge in [-0.25, -0.2) is 9.13 Å². The average molecular weight is 1440 g/mol. The van der Waals surface area contributed by atoms with Gasteiger partial charge < -0.3 is 33.8 Å². The molecule has 0 aliphatic carbocycles. The number of esters is 4. The maximum Gasteiger partial charge on any atom is 0.472 e. The Balaban J connectivity index is 5.21. The van der Waals surface area contributed by atoms with Gasteiger partial charge in [0.1, 0.15) is 19.3 Å². The summed E-state index contributed by atoms with van der Waals surface area (Å²) >= 11 is 0. The van der Waals surface area contributed by atoms with Gasteiger partial charge in [-0.1, -0.05) is 351 Å². The molecule has 98 heavy (non-hydrogen) atoms. The Bertz CT molecular complexity index is 1920. The smallest absolute Gasteiger partial charge is 0.462 e. The highest BCUT2D eigenvalue weighted by atomic mass is 31.2. The Hall–Kier alpha value is -1.94. The molecule has 0 spiro atoms. The van der Waals surface area contributed by atoms with Crippen LogP contribution in [0.2, 0.25) is 0 Å². The molecule has 3 N–H and O–H groups in total. The van der Waals surface area contributed by atoms with Crippen molar-refractivity contribution in [3.05, 3.63) is 0 Å². The molecule has 0 aliphatic heterocycles. The molecule has 582 valence electrons. The lowest BCUT2D eigenvalue weighted by molar-refractivity contribution is -0.161. The van der Waals surface area contributed by atoms with Gasteiger partial charge in [-0.2, -0.15) is 0 Å². The zero-order valence-corrected chi connectivity index (χ0v) is 66.2. The molecule has 0 radical (unpaired) electrons. The van der Waals surface area contributed by atoms with Crippen molar-refractivity contribution in [3.8, 4) is 0 Å². The van der Waals surface area contributed by atoms with E-state index in [-0.39, 0.29) is 25.7 Å². The van der Waals surface area contributed by atoms with Gasteiger partial charge in [0.25, 0.3) is 0 Å². The second kappa shape index (κ2) is 68.2. The molecular weight excluding hydrogens is 1280 g/mol. The first-order valence-electron chi connectivity index (χ1n) is 40.8. The van der Waals surface area contributed by atoms with E-state index in [9.17, 15) is 43.2 Å². The van der Waals surface area contributed by atoms with E-state index >= 15 is 0 Å². The van der Waals surface area contributed by atoms with Crippen LogP contribution in [0.4, 0.5) is 0 Å². The van der Waals surface area contributed by atoms with Crippen molar-refractivity contribution in [3.63, 3.8) is 0 Å². The number of phosphoric acid groups is 2. The van der Waals surface area contributed by atoms with Crippen LogP contribution in [0, 0.1) is 23.7 Å². The number of aliphatic hydroxyl groups excluding tert-OH is 1. The molecule has 0 aromatic carbocycles. The third-order valence-electron chi connectivity index (χ3n) is 19.0. The maximum absolute atomic E-state index is 13.1. The Labute approximate surface area is 600 Å². The van der Waals surface area contributed by atoms with E-state index in [0.29, 0.717) is 25.7 Å². The van der Waals surface area contributed by atoms with Crippen molar-refractivity contribution in [2.75, 3.05) is 39.6 Å². The molecule has 4 unspecified atom stereocenters. The number of phosphoric ester groups is 2. The molecule has 0 rings (SSSR count). The highest BCUT2D eigenvalue weighted by Crippen LogP contribution is 2.45.